The summed E-state index contributed by atoms with van der Waals surface area (Å²) in [5, 5.41) is 10.1. The molecular weight excluding hydrogens is 566 g/mol. The first-order valence-corrected chi connectivity index (χ1v) is 14.4. The van der Waals surface area contributed by atoms with Crippen molar-refractivity contribution >= 4 is 45.1 Å². The van der Waals surface area contributed by atoms with Crippen molar-refractivity contribution in [2.75, 3.05) is 42.6 Å². The lowest BCUT2D eigenvalue weighted by Crippen LogP contribution is -2.58. The van der Waals surface area contributed by atoms with Crippen molar-refractivity contribution in [1.82, 2.24) is 4.90 Å². The highest BCUT2D eigenvalue weighted by Gasteiger charge is 2.77. The van der Waals surface area contributed by atoms with Gasteiger partial charge in [-0.05, 0) is 51.5 Å². The van der Waals surface area contributed by atoms with Gasteiger partial charge in [0.15, 0.2) is 0 Å². The number of amides is 2. The highest BCUT2D eigenvalue weighted by Crippen LogP contribution is 2.60. The normalized spacial score (nSPS) is 29.6. The minimum Gasteiger partial charge on any atom is -0.461 e. The summed E-state index contributed by atoms with van der Waals surface area (Å²) in [6.45, 7) is 14.9. The Labute approximate surface area is 238 Å². The van der Waals surface area contributed by atoms with Crippen LogP contribution in [0, 0.1) is 11.8 Å². The molecule has 212 valence electrons. The molecule has 3 fully saturated rings. The number of anilines is 2. The third-order valence-corrected chi connectivity index (χ3v) is 9.03. The number of likely N-dealkylation sites (tertiary alicyclic amines) is 1. The first-order chi connectivity index (χ1) is 18.7. The lowest BCUT2D eigenvalue weighted by molar-refractivity contribution is -0.154. The van der Waals surface area contributed by atoms with Crippen LogP contribution in [0.2, 0.25) is 0 Å². The van der Waals surface area contributed by atoms with Gasteiger partial charge in [-0.1, -0.05) is 34.7 Å². The number of esters is 1. The van der Waals surface area contributed by atoms with Gasteiger partial charge in [0.05, 0.1) is 30.6 Å². The van der Waals surface area contributed by atoms with E-state index in [9.17, 15) is 19.5 Å². The smallest absolute Gasteiger partial charge is 0.312 e. The van der Waals surface area contributed by atoms with E-state index in [0.29, 0.717) is 12.1 Å². The highest BCUT2D eigenvalue weighted by atomic mass is 79.9. The van der Waals surface area contributed by atoms with Gasteiger partial charge in [0.2, 0.25) is 5.91 Å². The first-order valence-electron chi connectivity index (χ1n) is 13.5. The number of alkyl halides is 1. The number of hydrogen-bond donors (Lipinski definition) is 1. The Kier molecular flexibility index (Phi) is 8.88. The predicted octanol–water partition coefficient (Wildman–Crippen LogP) is 2.91. The van der Waals surface area contributed by atoms with Gasteiger partial charge in [-0.3, -0.25) is 14.4 Å². The lowest BCUT2D eigenvalue weighted by Gasteiger charge is -2.38. The molecule has 0 aromatic heterocycles. The van der Waals surface area contributed by atoms with Crippen molar-refractivity contribution in [1.29, 1.82) is 0 Å². The lowest BCUT2D eigenvalue weighted by atomic mass is 9.70. The Morgan fingerprint density at radius 2 is 1.87 bits per heavy atom. The molecule has 1 aromatic rings. The van der Waals surface area contributed by atoms with Crippen LogP contribution in [0.3, 0.4) is 0 Å². The van der Waals surface area contributed by atoms with Gasteiger partial charge in [-0.2, -0.15) is 0 Å². The van der Waals surface area contributed by atoms with Crippen molar-refractivity contribution in [2.45, 2.75) is 55.8 Å². The molecule has 4 rings (SSSR count). The average Bonchev–Trinajstić information content (AvgIpc) is 3.54. The molecule has 0 aliphatic carbocycles. The fourth-order valence-electron chi connectivity index (χ4n) is 6.45. The van der Waals surface area contributed by atoms with E-state index >= 15 is 0 Å². The number of hydrogen-bond acceptors (Lipinski definition) is 7. The average molecular weight is 605 g/mol. The maximum Gasteiger partial charge on any atom is 0.312 e. The monoisotopic (exact) mass is 603 g/mol. The first kappa shape index (κ1) is 29.3. The number of nitrogens with zero attached hydrogens (tertiary/aromatic N) is 3. The molecule has 0 radical (unpaired) electrons. The summed E-state index contributed by atoms with van der Waals surface area (Å²) in [5.74, 6) is -3.05. The SMILES string of the molecule is C=CCOC(=O)[C@H]1[C@H]2C(=O)N([C@H](C)CO)C(C(=O)N(CC=C)c3ccc(N(CC)CC)cc3)C23CC(Br)[C@@H]1O3. The van der Waals surface area contributed by atoms with Gasteiger partial charge in [-0.25, -0.2) is 0 Å². The second kappa shape index (κ2) is 11.8. The van der Waals surface area contributed by atoms with Crippen LogP contribution in [-0.4, -0.2) is 89.3 Å². The fraction of sp³-hybridized carbons (Fsp3) is 0.552. The Morgan fingerprint density at radius 3 is 2.44 bits per heavy atom. The molecule has 1 spiro atoms. The Morgan fingerprint density at radius 1 is 1.23 bits per heavy atom. The molecule has 10 heteroatoms. The Balaban J connectivity index is 1.76. The molecule has 3 unspecified atom stereocenters. The molecule has 39 heavy (non-hydrogen) atoms. The van der Waals surface area contributed by atoms with Crippen LogP contribution in [0.15, 0.2) is 49.6 Å². The summed E-state index contributed by atoms with van der Waals surface area (Å²) in [7, 11) is 0. The van der Waals surface area contributed by atoms with Gasteiger partial charge in [0, 0.05) is 35.8 Å². The quantitative estimate of drug-likeness (QED) is 0.223. The van der Waals surface area contributed by atoms with E-state index in [2.05, 4.69) is 47.8 Å². The van der Waals surface area contributed by atoms with Gasteiger partial charge in [-0.15, -0.1) is 6.58 Å². The molecule has 2 amide bonds. The summed E-state index contributed by atoms with van der Waals surface area (Å²) in [4.78, 5) is 46.6. The molecule has 1 N–H and O–H groups in total. The van der Waals surface area contributed by atoms with E-state index in [1.54, 1.807) is 17.9 Å². The molecule has 2 bridgehead atoms. The molecule has 9 nitrogen and oxygen atoms in total. The Bertz CT molecular complexity index is 1110. The minimum absolute atomic E-state index is 0.0125. The zero-order chi connectivity index (χ0) is 28.5. The molecule has 3 aliphatic heterocycles. The zero-order valence-corrected chi connectivity index (χ0v) is 24.4. The number of rotatable bonds is 12. The van der Waals surface area contributed by atoms with Crippen molar-refractivity contribution in [3.05, 3.63) is 49.6 Å². The number of ether oxygens (including phenoxy) is 2. The topological polar surface area (TPSA) is 99.6 Å². The molecule has 3 saturated heterocycles. The van der Waals surface area contributed by atoms with E-state index < -0.39 is 41.6 Å². The summed E-state index contributed by atoms with van der Waals surface area (Å²) >= 11 is 3.64. The predicted molar refractivity (Wildman–Crippen MR) is 153 cm³/mol. The number of fused-ring (bicyclic) bond motifs is 1. The van der Waals surface area contributed by atoms with Crippen molar-refractivity contribution in [3.8, 4) is 0 Å². The molecule has 3 heterocycles. The van der Waals surface area contributed by atoms with Crippen molar-refractivity contribution in [3.63, 3.8) is 0 Å². The van der Waals surface area contributed by atoms with E-state index in [1.807, 2.05) is 24.3 Å². The number of carbonyl (C=O) groups is 3. The fourth-order valence-corrected chi connectivity index (χ4v) is 7.39. The van der Waals surface area contributed by atoms with Gasteiger partial charge < -0.3 is 29.3 Å². The van der Waals surface area contributed by atoms with E-state index in [0.717, 1.165) is 18.8 Å². The number of aliphatic hydroxyl groups excluding tert-OH is 1. The second-order valence-electron chi connectivity index (χ2n) is 10.3. The summed E-state index contributed by atoms with van der Waals surface area (Å²) < 4.78 is 11.8. The highest BCUT2D eigenvalue weighted by molar-refractivity contribution is 9.09. The van der Waals surface area contributed by atoms with Crippen LogP contribution in [0.4, 0.5) is 11.4 Å². The summed E-state index contributed by atoms with van der Waals surface area (Å²) in [6, 6.07) is 6.01. The third-order valence-electron chi connectivity index (χ3n) is 8.18. The van der Waals surface area contributed by atoms with E-state index in [4.69, 9.17) is 9.47 Å². The van der Waals surface area contributed by atoms with E-state index in [1.165, 1.54) is 11.0 Å². The third kappa shape index (κ3) is 4.80. The van der Waals surface area contributed by atoms with E-state index in [-0.39, 0.29) is 36.4 Å². The maximum absolute atomic E-state index is 14.5. The van der Waals surface area contributed by atoms with Crippen LogP contribution in [0.1, 0.15) is 27.2 Å². The standard InChI is InChI=1S/C29H38BrN3O6/c1-6-14-32(20-12-10-19(11-13-20)31(8-3)9-4)27(36)25-29-16-21(30)24(39-29)22(28(37)38-15-7-2)23(29)26(35)33(25)18(5)17-34/h6-7,10-13,18,21-25,34H,1-2,8-9,14-17H2,3-5H3/t18-,21?,22+,23+,24+,25?,29?/m1/s1. The van der Waals surface area contributed by atoms with Crippen LogP contribution >= 0.6 is 15.9 Å². The van der Waals surface area contributed by atoms with Gasteiger partial charge in [0.1, 0.15) is 18.2 Å². The minimum atomic E-state index is -1.24. The Hall–Kier alpha value is -2.69. The van der Waals surface area contributed by atoms with Crippen LogP contribution in [0.25, 0.3) is 0 Å². The molecule has 1 aromatic carbocycles. The molecule has 0 saturated carbocycles. The summed E-state index contributed by atoms with van der Waals surface area (Å²) in [5.41, 5.74) is 0.458. The molecule has 3 aliphatic rings. The number of aliphatic hydroxyl groups is 1. The van der Waals surface area contributed by atoms with Crippen molar-refractivity contribution in [2.24, 2.45) is 11.8 Å². The van der Waals surface area contributed by atoms with Crippen LogP contribution in [-0.2, 0) is 23.9 Å². The molecular formula is C29H38BrN3O6. The molecule has 7 atom stereocenters. The van der Waals surface area contributed by atoms with Gasteiger partial charge in [0.25, 0.3) is 5.91 Å². The summed E-state index contributed by atoms with van der Waals surface area (Å²) in [6.07, 6.45) is 2.86. The van der Waals surface area contributed by atoms with Crippen LogP contribution < -0.4 is 9.80 Å². The largest absolute Gasteiger partial charge is 0.461 e. The zero-order valence-electron chi connectivity index (χ0n) is 22.8. The number of carbonyl (C=O) groups excluding carboxylic acids is 3. The van der Waals surface area contributed by atoms with Crippen molar-refractivity contribution < 1.29 is 29.0 Å². The van der Waals surface area contributed by atoms with Crippen LogP contribution in [0.5, 0.6) is 0 Å². The number of benzene rings is 1. The maximum atomic E-state index is 14.5. The number of halogens is 1. The van der Waals surface area contributed by atoms with Gasteiger partial charge >= 0.3 is 5.97 Å². The second-order valence-corrected chi connectivity index (χ2v) is 11.5.